The van der Waals surface area contributed by atoms with E-state index in [0.717, 1.165) is 6.07 Å². The second kappa shape index (κ2) is 5.45. The molecule has 5 nitrogen and oxygen atoms in total. The molecule has 1 aromatic carbocycles. The highest BCUT2D eigenvalue weighted by Crippen LogP contribution is 2.27. The summed E-state index contributed by atoms with van der Waals surface area (Å²) in [6.07, 6.45) is 1.28. The summed E-state index contributed by atoms with van der Waals surface area (Å²) in [6, 6.07) is 2.08. The van der Waals surface area contributed by atoms with Gasteiger partial charge in [0.05, 0.1) is 10.2 Å². The Morgan fingerprint density at radius 2 is 1.84 bits per heavy atom. The maximum atomic E-state index is 13.6. The summed E-state index contributed by atoms with van der Waals surface area (Å²) in [5.41, 5.74) is 3.11. The van der Waals surface area contributed by atoms with Gasteiger partial charge in [0.2, 0.25) is 0 Å². The van der Waals surface area contributed by atoms with Gasteiger partial charge in [-0.05, 0) is 28.9 Å². The molecule has 0 spiro atoms. The van der Waals surface area contributed by atoms with Gasteiger partial charge in [-0.25, -0.2) is 24.6 Å². The molecule has 0 bridgehead atoms. The highest BCUT2D eigenvalue weighted by Gasteiger charge is 2.11. The lowest BCUT2D eigenvalue weighted by molar-refractivity contribution is 0.581. The average Bonchev–Trinajstić information content (AvgIpc) is 2.38. The molecule has 8 heteroatoms. The van der Waals surface area contributed by atoms with Gasteiger partial charge in [0.1, 0.15) is 29.6 Å². The molecule has 0 saturated heterocycles. The Morgan fingerprint density at radius 3 is 2.53 bits per heavy atom. The molecular formula is C11H10BrF2N5. The summed E-state index contributed by atoms with van der Waals surface area (Å²) in [5.74, 6) is 4.68. The van der Waals surface area contributed by atoms with E-state index in [4.69, 9.17) is 5.84 Å². The number of benzene rings is 1. The third-order valence-electron chi connectivity index (χ3n) is 2.48. The minimum atomic E-state index is -0.721. The summed E-state index contributed by atoms with van der Waals surface area (Å²) in [6.45, 7) is 1.72. The van der Waals surface area contributed by atoms with Crippen LogP contribution in [-0.4, -0.2) is 9.97 Å². The SMILES string of the molecule is Cc1c(NN)ncnc1Nc1cc(Br)c(F)cc1F. The van der Waals surface area contributed by atoms with Crippen molar-refractivity contribution in [3.63, 3.8) is 0 Å². The molecule has 2 aromatic rings. The predicted octanol–water partition coefficient (Wildman–Crippen LogP) is 2.85. The smallest absolute Gasteiger partial charge is 0.149 e. The highest BCUT2D eigenvalue weighted by atomic mass is 79.9. The third-order valence-corrected chi connectivity index (χ3v) is 3.09. The normalized spacial score (nSPS) is 10.4. The molecule has 0 atom stereocenters. The summed E-state index contributed by atoms with van der Waals surface area (Å²) in [5, 5.41) is 2.76. The number of hydrazine groups is 1. The van der Waals surface area contributed by atoms with E-state index < -0.39 is 11.6 Å². The first-order valence-electron chi connectivity index (χ1n) is 5.22. The van der Waals surface area contributed by atoms with Crippen LogP contribution in [-0.2, 0) is 0 Å². The van der Waals surface area contributed by atoms with Crippen LogP contribution >= 0.6 is 15.9 Å². The van der Waals surface area contributed by atoms with E-state index in [9.17, 15) is 8.78 Å². The number of nitrogens with zero attached hydrogens (tertiary/aromatic N) is 2. The first-order valence-corrected chi connectivity index (χ1v) is 6.02. The molecule has 0 saturated carbocycles. The number of aromatic nitrogens is 2. The van der Waals surface area contributed by atoms with Crippen molar-refractivity contribution in [2.45, 2.75) is 6.92 Å². The lowest BCUT2D eigenvalue weighted by atomic mass is 10.2. The molecule has 0 unspecified atom stereocenters. The van der Waals surface area contributed by atoms with Crippen molar-refractivity contribution < 1.29 is 8.78 Å². The highest BCUT2D eigenvalue weighted by molar-refractivity contribution is 9.10. The largest absolute Gasteiger partial charge is 0.337 e. The molecule has 1 aromatic heterocycles. The molecule has 1 heterocycles. The van der Waals surface area contributed by atoms with Gasteiger partial charge >= 0.3 is 0 Å². The molecule has 0 aliphatic heterocycles. The Bertz CT molecular complexity index is 620. The second-order valence-corrected chi connectivity index (χ2v) is 4.57. The van der Waals surface area contributed by atoms with Crippen molar-refractivity contribution in [3.05, 3.63) is 40.1 Å². The number of anilines is 3. The van der Waals surface area contributed by atoms with E-state index in [2.05, 4.69) is 36.6 Å². The lowest BCUT2D eigenvalue weighted by Gasteiger charge is -2.12. The number of halogens is 3. The summed E-state index contributed by atoms with van der Waals surface area (Å²) in [7, 11) is 0. The van der Waals surface area contributed by atoms with E-state index in [-0.39, 0.29) is 10.2 Å². The number of nitrogens with one attached hydrogen (secondary N) is 2. The van der Waals surface area contributed by atoms with Crippen LogP contribution in [0.1, 0.15) is 5.56 Å². The van der Waals surface area contributed by atoms with Crippen LogP contribution < -0.4 is 16.6 Å². The van der Waals surface area contributed by atoms with Crippen molar-refractivity contribution in [2.24, 2.45) is 5.84 Å². The predicted molar refractivity (Wildman–Crippen MR) is 71.9 cm³/mol. The summed E-state index contributed by atoms with van der Waals surface area (Å²) < 4.78 is 26.9. The van der Waals surface area contributed by atoms with Gasteiger partial charge in [-0.2, -0.15) is 0 Å². The van der Waals surface area contributed by atoms with Crippen molar-refractivity contribution >= 4 is 33.3 Å². The molecule has 0 radical (unpaired) electrons. The van der Waals surface area contributed by atoms with Gasteiger partial charge in [0, 0.05) is 11.6 Å². The monoisotopic (exact) mass is 329 g/mol. The zero-order chi connectivity index (χ0) is 14.0. The van der Waals surface area contributed by atoms with Crippen LogP contribution in [0.2, 0.25) is 0 Å². The summed E-state index contributed by atoms with van der Waals surface area (Å²) in [4.78, 5) is 7.88. The molecule has 0 fully saturated rings. The fourth-order valence-corrected chi connectivity index (χ4v) is 1.81. The van der Waals surface area contributed by atoms with Crippen molar-refractivity contribution in [3.8, 4) is 0 Å². The van der Waals surface area contributed by atoms with E-state index in [1.807, 2.05) is 0 Å². The molecule has 0 aliphatic carbocycles. The van der Waals surface area contributed by atoms with Gasteiger partial charge in [-0.15, -0.1) is 0 Å². The standard InChI is InChI=1S/C11H10BrF2N5/c1-5-10(16-4-17-11(5)19-15)18-9-2-6(12)7(13)3-8(9)14/h2-4H,15H2,1H3,(H2,16,17,18,19). The molecule has 100 valence electrons. The van der Waals surface area contributed by atoms with Crippen LogP contribution in [0.25, 0.3) is 0 Å². The average molecular weight is 330 g/mol. The van der Waals surface area contributed by atoms with E-state index in [0.29, 0.717) is 17.2 Å². The molecule has 2 rings (SSSR count). The van der Waals surface area contributed by atoms with Gasteiger partial charge in [-0.1, -0.05) is 0 Å². The van der Waals surface area contributed by atoms with Crippen LogP contribution in [0.15, 0.2) is 22.9 Å². The Hall–Kier alpha value is -1.80. The Kier molecular flexibility index (Phi) is 3.91. The maximum absolute atomic E-state index is 13.6. The number of nitrogens with two attached hydrogens (primary N) is 1. The second-order valence-electron chi connectivity index (χ2n) is 3.71. The van der Waals surface area contributed by atoms with Crippen molar-refractivity contribution in [2.75, 3.05) is 10.7 Å². The minimum Gasteiger partial charge on any atom is -0.337 e. The van der Waals surface area contributed by atoms with Crippen LogP contribution in [0, 0.1) is 18.6 Å². The van der Waals surface area contributed by atoms with Gasteiger partial charge in [0.25, 0.3) is 0 Å². The number of hydrogen-bond acceptors (Lipinski definition) is 5. The minimum absolute atomic E-state index is 0.0954. The fourth-order valence-electron chi connectivity index (χ4n) is 1.47. The van der Waals surface area contributed by atoms with Gasteiger partial charge in [-0.3, -0.25) is 0 Å². The topological polar surface area (TPSA) is 75.9 Å². The van der Waals surface area contributed by atoms with Crippen molar-refractivity contribution in [1.29, 1.82) is 0 Å². The van der Waals surface area contributed by atoms with Crippen LogP contribution in [0.3, 0.4) is 0 Å². The zero-order valence-corrected chi connectivity index (χ0v) is 11.4. The maximum Gasteiger partial charge on any atom is 0.149 e. The molecule has 4 N–H and O–H groups in total. The van der Waals surface area contributed by atoms with Gasteiger partial charge in [0.15, 0.2) is 0 Å². The van der Waals surface area contributed by atoms with Crippen LogP contribution in [0.5, 0.6) is 0 Å². The lowest BCUT2D eigenvalue weighted by Crippen LogP contribution is -2.12. The number of nitrogen functional groups attached to an aromatic ring is 1. The fraction of sp³-hybridized carbons (Fsp3) is 0.0909. The Labute approximate surface area is 116 Å². The quantitative estimate of drug-likeness (QED) is 0.458. The number of hydrogen-bond donors (Lipinski definition) is 3. The first-order chi connectivity index (χ1) is 9.02. The molecular weight excluding hydrogens is 320 g/mol. The summed E-state index contributed by atoms with van der Waals surface area (Å²) >= 11 is 2.99. The third kappa shape index (κ3) is 2.79. The molecule has 19 heavy (non-hydrogen) atoms. The zero-order valence-electron chi connectivity index (χ0n) is 9.84. The first kappa shape index (κ1) is 13.6. The molecule has 0 aliphatic rings. The van der Waals surface area contributed by atoms with E-state index in [1.54, 1.807) is 6.92 Å². The van der Waals surface area contributed by atoms with Crippen molar-refractivity contribution in [1.82, 2.24) is 9.97 Å². The van der Waals surface area contributed by atoms with E-state index in [1.165, 1.54) is 12.4 Å². The van der Waals surface area contributed by atoms with Crippen LogP contribution in [0.4, 0.5) is 26.1 Å². The molecule has 0 amide bonds. The Morgan fingerprint density at radius 1 is 1.16 bits per heavy atom. The Balaban J connectivity index is 2.39. The van der Waals surface area contributed by atoms with Gasteiger partial charge < -0.3 is 10.7 Å². The van der Waals surface area contributed by atoms with E-state index >= 15 is 0 Å². The number of rotatable bonds is 3.